The van der Waals surface area contributed by atoms with Gasteiger partial charge in [-0.05, 0) is 57.3 Å². The lowest BCUT2D eigenvalue weighted by atomic mass is 9.79. The summed E-state index contributed by atoms with van der Waals surface area (Å²) in [6.07, 6.45) is 13.0. The highest BCUT2D eigenvalue weighted by molar-refractivity contribution is 7.91. The van der Waals surface area contributed by atoms with Crippen molar-refractivity contribution in [1.29, 1.82) is 0 Å². The van der Waals surface area contributed by atoms with E-state index in [0.29, 0.717) is 18.7 Å². The molecule has 5 heteroatoms. The van der Waals surface area contributed by atoms with Gasteiger partial charge in [0.15, 0.2) is 0 Å². The second-order valence-corrected chi connectivity index (χ2v) is 10.7. The number of piperidine rings is 1. The lowest BCUT2D eigenvalue weighted by Gasteiger charge is -2.41. The third kappa shape index (κ3) is 3.81. The highest BCUT2D eigenvalue weighted by Crippen LogP contribution is 2.41. The van der Waals surface area contributed by atoms with Crippen LogP contribution in [0.2, 0.25) is 0 Å². The van der Waals surface area contributed by atoms with Crippen LogP contribution >= 0.6 is 0 Å². The number of rotatable bonds is 5. The highest BCUT2D eigenvalue weighted by Gasteiger charge is 2.47. The molecule has 2 atom stereocenters. The Morgan fingerprint density at radius 3 is 2.08 bits per heavy atom. The molecule has 0 aromatic rings. The van der Waals surface area contributed by atoms with Gasteiger partial charge in [-0.3, -0.25) is 4.79 Å². The van der Waals surface area contributed by atoms with E-state index in [9.17, 15) is 13.2 Å². The second-order valence-electron chi connectivity index (χ2n) is 8.41. The molecule has 0 spiro atoms. The van der Waals surface area contributed by atoms with Crippen LogP contribution in [0.3, 0.4) is 0 Å². The van der Waals surface area contributed by atoms with Crippen molar-refractivity contribution in [2.75, 3.05) is 6.26 Å². The van der Waals surface area contributed by atoms with Gasteiger partial charge in [0.2, 0.25) is 5.91 Å². The van der Waals surface area contributed by atoms with E-state index in [2.05, 4.69) is 11.8 Å². The normalized spacial score (nSPS) is 36.8. The Morgan fingerprint density at radius 1 is 1.00 bits per heavy atom. The van der Waals surface area contributed by atoms with Gasteiger partial charge in [-0.1, -0.05) is 26.2 Å². The minimum absolute atomic E-state index is 0.175. The van der Waals surface area contributed by atoms with Crippen molar-refractivity contribution in [2.45, 2.75) is 94.9 Å². The molecule has 2 saturated heterocycles. The lowest BCUT2D eigenvalue weighted by molar-refractivity contribution is -0.141. The number of amides is 1. The first kappa shape index (κ1) is 18.2. The highest BCUT2D eigenvalue weighted by atomic mass is 32.2. The summed E-state index contributed by atoms with van der Waals surface area (Å²) in [6.45, 7) is 2.24. The molecule has 2 unspecified atom stereocenters. The van der Waals surface area contributed by atoms with Gasteiger partial charge in [-0.25, -0.2) is 8.42 Å². The number of unbranched alkanes of at least 4 members (excludes halogenated alkanes) is 1. The fraction of sp³-hybridized carbons (Fsp3) is 0.947. The molecular weight excluding hydrogens is 322 g/mol. The number of nitrogens with zero attached hydrogens (tertiary/aromatic N) is 1. The summed E-state index contributed by atoms with van der Waals surface area (Å²) >= 11 is 0. The first-order valence-electron chi connectivity index (χ1n) is 9.91. The van der Waals surface area contributed by atoms with Crippen LogP contribution in [-0.4, -0.2) is 42.8 Å². The molecule has 0 radical (unpaired) electrons. The average molecular weight is 356 g/mol. The molecule has 2 aliphatic heterocycles. The van der Waals surface area contributed by atoms with E-state index in [-0.39, 0.29) is 23.3 Å². The smallest absolute Gasteiger partial charge is 0.226 e. The van der Waals surface area contributed by atoms with Crippen LogP contribution in [0.5, 0.6) is 0 Å². The van der Waals surface area contributed by atoms with Crippen molar-refractivity contribution in [3.05, 3.63) is 0 Å². The molecule has 1 aliphatic carbocycles. The van der Waals surface area contributed by atoms with Gasteiger partial charge in [0, 0.05) is 24.3 Å². The van der Waals surface area contributed by atoms with Gasteiger partial charge in [-0.15, -0.1) is 0 Å². The Labute approximate surface area is 147 Å². The molecule has 138 valence electrons. The Kier molecular flexibility index (Phi) is 5.58. The number of hydrogen-bond donors (Lipinski definition) is 0. The van der Waals surface area contributed by atoms with Crippen LogP contribution < -0.4 is 0 Å². The molecule has 24 heavy (non-hydrogen) atoms. The first-order valence-corrected chi connectivity index (χ1v) is 11.9. The molecule has 1 amide bonds. The number of carbonyl (C=O) groups excluding carboxylic acids is 1. The van der Waals surface area contributed by atoms with Crippen LogP contribution in [0.4, 0.5) is 0 Å². The molecule has 3 rings (SSSR count). The number of fused-ring (bicyclic) bond motifs is 2. The number of hydrogen-bond acceptors (Lipinski definition) is 3. The number of carbonyl (C=O) groups is 1. The van der Waals surface area contributed by atoms with Crippen molar-refractivity contribution < 1.29 is 13.2 Å². The van der Waals surface area contributed by atoms with Gasteiger partial charge in [0.1, 0.15) is 9.84 Å². The Morgan fingerprint density at radius 2 is 1.58 bits per heavy atom. The zero-order valence-electron chi connectivity index (χ0n) is 15.2. The Hall–Kier alpha value is -0.580. The van der Waals surface area contributed by atoms with E-state index < -0.39 is 9.84 Å². The summed E-state index contributed by atoms with van der Waals surface area (Å²) in [6, 6.07) is 0.350. The van der Waals surface area contributed by atoms with Crippen LogP contribution in [0, 0.1) is 11.8 Å². The largest absolute Gasteiger partial charge is 0.336 e. The van der Waals surface area contributed by atoms with E-state index in [4.69, 9.17) is 0 Å². The van der Waals surface area contributed by atoms with Gasteiger partial charge in [-0.2, -0.15) is 0 Å². The predicted molar refractivity (Wildman–Crippen MR) is 96.5 cm³/mol. The van der Waals surface area contributed by atoms with Crippen LogP contribution in [0.15, 0.2) is 0 Å². The van der Waals surface area contributed by atoms with Crippen LogP contribution in [0.25, 0.3) is 0 Å². The third-order valence-corrected chi connectivity index (χ3v) is 8.31. The van der Waals surface area contributed by atoms with E-state index in [0.717, 1.165) is 31.6 Å². The van der Waals surface area contributed by atoms with Crippen molar-refractivity contribution in [1.82, 2.24) is 4.90 Å². The average Bonchev–Trinajstić information content (AvgIpc) is 2.81. The summed E-state index contributed by atoms with van der Waals surface area (Å²) in [5.74, 6) is 1.35. The van der Waals surface area contributed by atoms with E-state index in [1.165, 1.54) is 38.4 Å². The second kappa shape index (κ2) is 7.35. The fourth-order valence-corrected chi connectivity index (χ4v) is 6.38. The summed E-state index contributed by atoms with van der Waals surface area (Å²) in [7, 11) is -2.98. The molecule has 2 heterocycles. The summed E-state index contributed by atoms with van der Waals surface area (Å²) in [5.41, 5.74) is 0. The third-order valence-electron chi connectivity index (χ3n) is 6.71. The zero-order chi connectivity index (χ0) is 17.3. The molecule has 0 N–H and O–H groups in total. The summed E-state index contributed by atoms with van der Waals surface area (Å²) in [5, 5.41) is -0.233. The van der Waals surface area contributed by atoms with Gasteiger partial charge in [0.05, 0.1) is 5.25 Å². The molecule has 3 fully saturated rings. The Balaban J connectivity index is 1.57. The standard InChI is InChI=1S/C19H33NO3S/c1-3-4-5-14-6-8-15(9-7-14)19(21)20-16-10-11-17(20)13-18(12-16)24(2,22)23/h14-18H,3-13H2,1-2H3. The van der Waals surface area contributed by atoms with Crippen molar-refractivity contribution >= 4 is 15.7 Å². The molecule has 0 aromatic heterocycles. The molecular formula is C19H33NO3S. The Bertz CT molecular complexity index is 537. The summed E-state index contributed by atoms with van der Waals surface area (Å²) < 4.78 is 23.8. The van der Waals surface area contributed by atoms with E-state index in [1.54, 1.807) is 0 Å². The first-order chi connectivity index (χ1) is 11.4. The fourth-order valence-electron chi connectivity index (χ4n) is 5.24. The lowest BCUT2D eigenvalue weighted by Crippen LogP contribution is -2.51. The zero-order valence-corrected chi connectivity index (χ0v) is 16.1. The van der Waals surface area contributed by atoms with Crippen molar-refractivity contribution in [3.8, 4) is 0 Å². The molecule has 0 aromatic carbocycles. The minimum Gasteiger partial charge on any atom is -0.336 e. The van der Waals surface area contributed by atoms with E-state index in [1.807, 2.05) is 0 Å². The van der Waals surface area contributed by atoms with Gasteiger partial charge >= 0.3 is 0 Å². The van der Waals surface area contributed by atoms with Gasteiger partial charge in [0.25, 0.3) is 0 Å². The van der Waals surface area contributed by atoms with Crippen molar-refractivity contribution in [2.24, 2.45) is 11.8 Å². The maximum Gasteiger partial charge on any atom is 0.226 e. The quantitative estimate of drug-likeness (QED) is 0.758. The molecule has 1 saturated carbocycles. The SMILES string of the molecule is CCCCC1CCC(C(=O)N2C3CCC2CC(S(C)(=O)=O)C3)CC1. The molecule has 3 aliphatic rings. The predicted octanol–water partition coefficient (Wildman–Crippen LogP) is 3.55. The van der Waals surface area contributed by atoms with E-state index >= 15 is 0 Å². The van der Waals surface area contributed by atoms with Crippen LogP contribution in [0.1, 0.15) is 77.6 Å². The molecule has 2 bridgehead atoms. The van der Waals surface area contributed by atoms with Crippen LogP contribution in [-0.2, 0) is 14.6 Å². The maximum atomic E-state index is 13.1. The van der Waals surface area contributed by atoms with Gasteiger partial charge < -0.3 is 4.90 Å². The van der Waals surface area contributed by atoms with Crippen molar-refractivity contribution in [3.63, 3.8) is 0 Å². The minimum atomic E-state index is -2.98. The topological polar surface area (TPSA) is 54.5 Å². The maximum absolute atomic E-state index is 13.1. The molecule has 4 nitrogen and oxygen atoms in total. The summed E-state index contributed by atoms with van der Waals surface area (Å²) in [4.78, 5) is 15.2. The monoisotopic (exact) mass is 355 g/mol. The number of sulfone groups is 1.